The number of nitrogens with zero attached hydrogens (tertiary/aromatic N) is 2. The van der Waals surface area contributed by atoms with Gasteiger partial charge in [0.25, 0.3) is 5.91 Å². The highest BCUT2D eigenvalue weighted by Gasteiger charge is 2.44. The standard InChI is InChI=1S/C22H17Cl2F2N3O/c23-14-4-3-13(16(24)8-14)10-27-22(30)20-19-11-1-2-12(7-11)21(19)29(28-20)18-6-5-15(25)9-17(18)26/h3-6,8-9,11-12H,1-2,7,10H2,(H,27,30)/t11-,12-/m0/s1. The van der Waals surface area contributed by atoms with Gasteiger partial charge < -0.3 is 5.32 Å². The molecular formula is C22H17Cl2F2N3O. The van der Waals surface area contributed by atoms with E-state index in [1.807, 2.05) is 0 Å². The van der Waals surface area contributed by atoms with E-state index in [-0.39, 0.29) is 30.0 Å². The molecule has 8 heteroatoms. The molecule has 154 valence electrons. The Bertz CT molecular complexity index is 1180. The molecule has 5 rings (SSSR count). The zero-order valence-corrected chi connectivity index (χ0v) is 17.3. The fraction of sp³-hybridized carbons (Fsp3) is 0.273. The van der Waals surface area contributed by atoms with Gasteiger partial charge in [0.1, 0.15) is 11.5 Å². The van der Waals surface area contributed by atoms with Crippen LogP contribution >= 0.6 is 23.2 Å². The van der Waals surface area contributed by atoms with Gasteiger partial charge in [0.05, 0.1) is 5.69 Å². The van der Waals surface area contributed by atoms with E-state index in [1.54, 1.807) is 18.2 Å². The third-order valence-electron chi connectivity index (χ3n) is 5.99. The van der Waals surface area contributed by atoms with Crippen molar-refractivity contribution in [2.45, 2.75) is 37.6 Å². The second kappa shape index (κ2) is 7.36. The molecule has 3 aromatic rings. The van der Waals surface area contributed by atoms with Crippen molar-refractivity contribution < 1.29 is 13.6 Å². The molecule has 1 N–H and O–H groups in total. The monoisotopic (exact) mass is 447 g/mol. The Morgan fingerprint density at radius 3 is 2.70 bits per heavy atom. The van der Waals surface area contributed by atoms with Crippen molar-refractivity contribution in [3.63, 3.8) is 0 Å². The summed E-state index contributed by atoms with van der Waals surface area (Å²) < 4.78 is 29.3. The number of hydrogen-bond acceptors (Lipinski definition) is 2. The first-order chi connectivity index (χ1) is 14.4. The number of carbonyl (C=O) groups is 1. The summed E-state index contributed by atoms with van der Waals surface area (Å²) >= 11 is 12.1. The van der Waals surface area contributed by atoms with Crippen LogP contribution in [0.15, 0.2) is 36.4 Å². The van der Waals surface area contributed by atoms with Crippen LogP contribution < -0.4 is 5.32 Å². The summed E-state index contributed by atoms with van der Waals surface area (Å²) in [7, 11) is 0. The van der Waals surface area contributed by atoms with Crippen LogP contribution in [0.1, 0.15) is 58.4 Å². The van der Waals surface area contributed by atoms with Gasteiger partial charge in [0.15, 0.2) is 11.5 Å². The van der Waals surface area contributed by atoms with Crippen molar-refractivity contribution >= 4 is 29.1 Å². The number of benzene rings is 2. The van der Waals surface area contributed by atoms with Crippen LogP contribution in [0.5, 0.6) is 0 Å². The van der Waals surface area contributed by atoms with Crippen molar-refractivity contribution in [2.24, 2.45) is 0 Å². The summed E-state index contributed by atoms with van der Waals surface area (Å²) in [5.41, 5.74) is 2.93. The molecule has 4 nitrogen and oxygen atoms in total. The Morgan fingerprint density at radius 2 is 1.93 bits per heavy atom. The maximum atomic E-state index is 14.5. The highest BCUT2D eigenvalue weighted by Crippen LogP contribution is 2.54. The molecule has 1 heterocycles. The average Bonchev–Trinajstić information content (AvgIpc) is 3.40. The Balaban J connectivity index is 1.50. The van der Waals surface area contributed by atoms with Crippen LogP contribution in [0, 0.1) is 11.6 Å². The minimum atomic E-state index is -0.706. The lowest BCUT2D eigenvalue weighted by molar-refractivity contribution is 0.0944. The zero-order valence-electron chi connectivity index (χ0n) is 15.8. The summed E-state index contributed by atoms with van der Waals surface area (Å²) in [6, 6.07) is 8.47. The largest absolute Gasteiger partial charge is 0.346 e. The van der Waals surface area contributed by atoms with E-state index in [4.69, 9.17) is 23.2 Å². The van der Waals surface area contributed by atoms with Crippen molar-refractivity contribution in [3.8, 4) is 5.69 Å². The number of amides is 1. The molecule has 2 aromatic carbocycles. The number of hydrogen-bond donors (Lipinski definition) is 1. The lowest BCUT2D eigenvalue weighted by atomic mass is 9.95. The fourth-order valence-electron chi connectivity index (χ4n) is 4.66. The molecule has 0 spiro atoms. The summed E-state index contributed by atoms with van der Waals surface area (Å²) in [6.07, 6.45) is 2.89. The Hall–Kier alpha value is -2.44. The van der Waals surface area contributed by atoms with Crippen LogP contribution in [0.25, 0.3) is 5.69 Å². The van der Waals surface area contributed by atoms with E-state index in [1.165, 1.54) is 16.8 Å². The number of rotatable bonds is 4. The molecule has 2 atom stereocenters. The quantitative estimate of drug-likeness (QED) is 0.553. The second-order valence-corrected chi connectivity index (χ2v) is 8.62. The van der Waals surface area contributed by atoms with Gasteiger partial charge in [0, 0.05) is 34.1 Å². The number of nitrogens with one attached hydrogen (secondary N) is 1. The van der Waals surface area contributed by atoms with Gasteiger partial charge in [-0.05, 0) is 55.0 Å². The molecular weight excluding hydrogens is 431 g/mol. The van der Waals surface area contributed by atoms with Crippen LogP contribution in [-0.4, -0.2) is 15.7 Å². The number of aromatic nitrogens is 2. The maximum Gasteiger partial charge on any atom is 0.272 e. The second-order valence-electron chi connectivity index (χ2n) is 7.78. The van der Waals surface area contributed by atoms with E-state index in [0.717, 1.165) is 42.1 Å². The summed E-state index contributed by atoms with van der Waals surface area (Å²) in [4.78, 5) is 13.0. The lowest BCUT2D eigenvalue weighted by Gasteiger charge is -2.14. The molecule has 1 saturated carbocycles. The molecule has 2 aliphatic rings. The minimum absolute atomic E-state index is 0.153. The van der Waals surface area contributed by atoms with Gasteiger partial charge in [-0.3, -0.25) is 4.79 Å². The first-order valence-corrected chi connectivity index (χ1v) is 10.5. The van der Waals surface area contributed by atoms with Gasteiger partial charge >= 0.3 is 0 Å². The molecule has 0 saturated heterocycles. The molecule has 0 unspecified atom stereocenters. The first-order valence-electron chi connectivity index (χ1n) is 9.72. The lowest BCUT2D eigenvalue weighted by Crippen LogP contribution is -2.25. The molecule has 1 aromatic heterocycles. The van der Waals surface area contributed by atoms with Crippen molar-refractivity contribution in [1.29, 1.82) is 0 Å². The maximum absolute atomic E-state index is 14.5. The SMILES string of the molecule is O=C(NCc1ccc(Cl)cc1Cl)c1nn(-c2ccc(F)cc2F)c2c1[C@H]1CC[C@H]2C1. The molecule has 1 amide bonds. The molecule has 1 fully saturated rings. The normalized spacial score (nSPS) is 19.2. The molecule has 30 heavy (non-hydrogen) atoms. The highest BCUT2D eigenvalue weighted by molar-refractivity contribution is 6.35. The topological polar surface area (TPSA) is 46.9 Å². The summed E-state index contributed by atoms with van der Waals surface area (Å²) in [5.74, 6) is -1.23. The Labute approximate surface area is 181 Å². The Morgan fingerprint density at radius 1 is 1.13 bits per heavy atom. The van der Waals surface area contributed by atoms with Gasteiger partial charge in [-0.25, -0.2) is 13.5 Å². The van der Waals surface area contributed by atoms with E-state index >= 15 is 0 Å². The van der Waals surface area contributed by atoms with Crippen molar-refractivity contribution in [3.05, 3.63) is 80.6 Å². The fourth-order valence-corrected chi connectivity index (χ4v) is 5.13. The van der Waals surface area contributed by atoms with Crippen LogP contribution in [0.3, 0.4) is 0 Å². The molecule has 2 bridgehead atoms. The van der Waals surface area contributed by atoms with E-state index < -0.39 is 11.6 Å². The average molecular weight is 448 g/mol. The van der Waals surface area contributed by atoms with Crippen LogP contribution in [-0.2, 0) is 6.54 Å². The predicted octanol–water partition coefficient (Wildman–Crippen LogP) is 5.75. The van der Waals surface area contributed by atoms with Crippen molar-refractivity contribution in [1.82, 2.24) is 15.1 Å². The van der Waals surface area contributed by atoms with Gasteiger partial charge in [-0.2, -0.15) is 5.10 Å². The zero-order chi connectivity index (χ0) is 21.0. The van der Waals surface area contributed by atoms with E-state index in [2.05, 4.69) is 10.4 Å². The van der Waals surface area contributed by atoms with Gasteiger partial charge in [-0.1, -0.05) is 29.3 Å². The number of halogens is 4. The molecule has 0 aliphatic heterocycles. The smallest absolute Gasteiger partial charge is 0.272 e. The minimum Gasteiger partial charge on any atom is -0.346 e. The van der Waals surface area contributed by atoms with E-state index in [9.17, 15) is 13.6 Å². The third kappa shape index (κ3) is 3.19. The van der Waals surface area contributed by atoms with Crippen molar-refractivity contribution in [2.75, 3.05) is 0 Å². The highest BCUT2D eigenvalue weighted by atomic mass is 35.5. The summed E-state index contributed by atoms with van der Waals surface area (Å²) in [5, 5.41) is 8.31. The molecule has 2 aliphatic carbocycles. The van der Waals surface area contributed by atoms with E-state index in [0.29, 0.717) is 15.7 Å². The van der Waals surface area contributed by atoms with Crippen LogP contribution in [0.4, 0.5) is 8.78 Å². The number of carbonyl (C=O) groups excluding carboxylic acids is 1. The Kier molecular flexibility index (Phi) is 4.79. The molecule has 0 radical (unpaired) electrons. The van der Waals surface area contributed by atoms with Gasteiger partial charge in [-0.15, -0.1) is 0 Å². The van der Waals surface area contributed by atoms with Crippen LogP contribution in [0.2, 0.25) is 10.0 Å². The third-order valence-corrected chi connectivity index (χ3v) is 6.58. The van der Waals surface area contributed by atoms with Gasteiger partial charge in [0.2, 0.25) is 0 Å². The predicted molar refractivity (Wildman–Crippen MR) is 110 cm³/mol. The number of fused-ring (bicyclic) bond motifs is 5. The summed E-state index contributed by atoms with van der Waals surface area (Å²) in [6.45, 7) is 0.218. The first kappa shape index (κ1) is 19.5.